The van der Waals surface area contributed by atoms with Gasteiger partial charge in [-0.3, -0.25) is 4.98 Å². The molecule has 0 bridgehead atoms. The number of para-hydroxylation sites is 2. The summed E-state index contributed by atoms with van der Waals surface area (Å²) in [6.45, 7) is 0. The van der Waals surface area contributed by atoms with E-state index in [0.717, 1.165) is 11.4 Å². The number of pyridine rings is 1. The Morgan fingerprint density at radius 3 is 1.87 bits per heavy atom. The van der Waals surface area contributed by atoms with Crippen LogP contribution in [0.25, 0.3) is 110 Å². The van der Waals surface area contributed by atoms with E-state index < -0.39 is 0 Å². The van der Waals surface area contributed by atoms with E-state index in [9.17, 15) is 0 Å². The lowest BCUT2D eigenvalue weighted by molar-refractivity contribution is 1.18. The second kappa shape index (κ2) is 10.3. The van der Waals surface area contributed by atoms with E-state index >= 15 is 0 Å². The van der Waals surface area contributed by atoms with Gasteiger partial charge in [-0.2, -0.15) is 0 Å². The molecule has 0 atom stereocenters. The molecule has 0 radical (unpaired) electrons. The summed E-state index contributed by atoms with van der Waals surface area (Å²) < 4.78 is 4.85. The van der Waals surface area contributed by atoms with Crippen molar-refractivity contribution in [2.75, 3.05) is 0 Å². The van der Waals surface area contributed by atoms with Crippen LogP contribution in [0.5, 0.6) is 0 Å². The molecule has 3 heteroatoms. The van der Waals surface area contributed by atoms with E-state index in [4.69, 9.17) is 4.98 Å². The maximum atomic E-state index is 4.83. The van der Waals surface area contributed by atoms with Crippen LogP contribution in [0.2, 0.25) is 0 Å². The molecule has 0 fully saturated rings. The van der Waals surface area contributed by atoms with E-state index in [-0.39, 0.29) is 0 Å². The Bertz CT molecular complexity index is 3290. The molecule has 240 valence electrons. The molecule has 3 nitrogen and oxygen atoms in total. The number of rotatable bonds is 3. The van der Waals surface area contributed by atoms with Crippen LogP contribution in [0.1, 0.15) is 0 Å². The number of fused-ring (bicyclic) bond motifs is 11. The van der Waals surface area contributed by atoms with Crippen molar-refractivity contribution in [3.05, 3.63) is 176 Å². The zero-order chi connectivity index (χ0) is 33.9. The van der Waals surface area contributed by atoms with Gasteiger partial charge in [-0.25, -0.2) is 0 Å². The SMILES string of the molecule is c1ccc(-n2c3ccccc3c3cc(-c4ccc5c(c4)c4c6ccccc6ccc4n5-c4cc5c6c(nccc6c4)-c4ccccc4-5)ccc32)cc1. The fraction of sp³-hybridized carbons (Fsp3) is 0. The first-order valence-corrected chi connectivity index (χ1v) is 17.9. The molecule has 0 saturated heterocycles. The van der Waals surface area contributed by atoms with Crippen molar-refractivity contribution >= 4 is 65.2 Å². The maximum Gasteiger partial charge on any atom is 0.0792 e. The molecular weight excluding hydrogens is 631 g/mol. The minimum absolute atomic E-state index is 1.08. The standard InChI is InChI=1S/C49H29N3/c1-2-11-34(12-3-1)51-43-17-9-8-15-38(43)40-27-31(19-21-44(40)51)32-20-22-45-42(28-32)48-36-13-5-4-10-30(36)18-23-46(48)52(45)35-26-33-24-25-50-49-39-16-7-6-14-37(39)41(29-35)47(33)49/h1-29H. The molecule has 8 aromatic carbocycles. The highest BCUT2D eigenvalue weighted by molar-refractivity contribution is 6.22. The molecule has 0 saturated carbocycles. The first-order chi connectivity index (χ1) is 25.8. The van der Waals surface area contributed by atoms with E-state index in [0.29, 0.717) is 0 Å². The van der Waals surface area contributed by atoms with Gasteiger partial charge in [0, 0.05) is 50.1 Å². The van der Waals surface area contributed by atoms with Gasteiger partial charge in [0.1, 0.15) is 0 Å². The third kappa shape index (κ3) is 3.72. The summed E-state index contributed by atoms with van der Waals surface area (Å²) in [5, 5.41) is 10.0. The third-order valence-electron chi connectivity index (χ3n) is 11.3. The maximum absolute atomic E-state index is 4.83. The molecule has 0 unspecified atom stereocenters. The highest BCUT2D eigenvalue weighted by atomic mass is 15.0. The molecule has 0 spiro atoms. The average Bonchev–Trinajstić information content (AvgIpc) is 3.84. The van der Waals surface area contributed by atoms with Crippen molar-refractivity contribution in [2.45, 2.75) is 0 Å². The van der Waals surface area contributed by atoms with E-state index in [1.165, 1.54) is 98.7 Å². The van der Waals surface area contributed by atoms with Gasteiger partial charge in [-0.1, -0.05) is 103 Å². The van der Waals surface area contributed by atoms with Crippen molar-refractivity contribution in [3.63, 3.8) is 0 Å². The summed E-state index contributed by atoms with van der Waals surface area (Å²) in [6, 6.07) is 62.3. The van der Waals surface area contributed by atoms with Crippen molar-refractivity contribution < 1.29 is 0 Å². The summed E-state index contributed by atoms with van der Waals surface area (Å²) in [5.74, 6) is 0. The zero-order valence-corrected chi connectivity index (χ0v) is 28.1. The Kier molecular flexibility index (Phi) is 5.50. The topological polar surface area (TPSA) is 22.8 Å². The lowest BCUT2D eigenvalue weighted by atomic mass is 9.99. The quantitative estimate of drug-likeness (QED) is 0.185. The molecule has 0 amide bonds. The molecule has 0 N–H and O–H groups in total. The summed E-state index contributed by atoms with van der Waals surface area (Å²) in [4.78, 5) is 4.83. The molecule has 3 aromatic heterocycles. The van der Waals surface area contributed by atoms with Crippen molar-refractivity contribution in [2.24, 2.45) is 0 Å². The Morgan fingerprint density at radius 1 is 0.346 bits per heavy atom. The van der Waals surface area contributed by atoms with Crippen LogP contribution in [0, 0.1) is 0 Å². The predicted molar refractivity (Wildman–Crippen MR) is 218 cm³/mol. The monoisotopic (exact) mass is 659 g/mol. The van der Waals surface area contributed by atoms with Gasteiger partial charge in [0.05, 0.1) is 27.8 Å². The normalized spacial score (nSPS) is 12.2. The van der Waals surface area contributed by atoms with Crippen LogP contribution in [0.4, 0.5) is 0 Å². The smallest absolute Gasteiger partial charge is 0.0792 e. The molecule has 11 aromatic rings. The Hall–Kier alpha value is -6.97. The fourth-order valence-corrected chi connectivity index (χ4v) is 9.03. The van der Waals surface area contributed by atoms with Crippen LogP contribution >= 0.6 is 0 Å². The second-order valence-electron chi connectivity index (χ2n) is 14.0. The lowest BCUT2D eigenvalue weighted by Crippen LogP contribution is -1.95. The van der Waals surface area contributed by atoms with Gasteiger partial charge >= 0.3 is 0 Å². The molecule has 12 rings (SSSR count). The lowest BCUT2D eigenvalue weighted by Gasteiger charge is -2.12. The first kappa shape index (κ1) is 27.8. The van der Waals surface area contributed by atoms with Gasteiger partial charge in [-0.15, -0.1) is 0 Å². The van der Waals surface area contributed by atoms with E-state index in [1.807, 2.05) is 6.20 Å². The van der Waals surface area contributed by atoms with E-state index in [1.54, 1.807) is 0 Å². The van der Waals surface area contributed by atoms with Crippen LogP contribution in [-0.2, 0) is 0 Å². The zero-order valence-electron chi connectivity index (χ0n) is 28.1. The number of hydrogen-bond donors (Lipinski definition) is 0. The van der Waals surface area contributed by atoms with Crippen molar-refractivity contribution in [1.29, 1.82) is 0 Å². The van der Waals surface area contributed by atoms with Gasteiger partial charge < -0.3 is 9.13 Å². The second-order valence-corrected chi connectivity index (χ2v) is 14.0. The number of hydrogen-bond acceptors (Lipinski definition) is 1. The van der Waals surface area contributed by atoms with Gasteiger partial charge in [0.2, 0.25) is 0 Å². The first-order valence-electron chi connectivity index (χ1n) is 17.9. The highest BCUT2D eigenvalue weighted by Gasteiger charge is 2.24. The third-order valence-corrected chi connectivity index (χ3v) is 11.3. The van der Waals surface area contributed by atoms with Crippen LogP contribution in [-0.4, -0.2) is 14.1 Å². The van der Waals surface area contributed by atoms with Crippen LogP contribution < -0.4 is 0 Å². The molecule has 52 heavy (non-hydrogen) atoms. The molecule has 1 aliphatic carbocycles. The number of benzene rings is 8. The Morgan fingerprint density at radius 2 is 1.00 bits per heavy atom. The predicted octanol–water partition coefficient (Wildman–Crippen LogP) is 12.9. The van der Waals surface area contributed by atoms with E-state index in [2.05, 4.69) is 179 Å². The minimum atomic E-state index is 1.08. The summed E-state index contributed by atoms with van der Waals surface area (Å²) in [6.07, 6.45) is 1.95. The summed E-state index contributed by atoms with van der Waals surface area (Å²) in [5.41, 5.74) is 14.4. The fourth-order valence-electron chi connectivity index (χ4n) is 9.03. The largest absolute Gasteiger partial charge is 0.309 e. The Labute approximate surface area is 299 Å². The molecule has 1 aliphatic rings. The highest BCUT2D eigenvalue weighted by Crippen LogP contribution is 2.48. The van der Waals surface area contributed by atoms with Crippen LogP contribution in [0.3, 0.4) is 0 Å². The van der Waals surface area contributed by atoms with Crippen LogP contribution in [0.15, 0.2) is 176 Å². The van der Waals surface area contributed by atoms with Crippen molar-refractivity contribution in [1.82, 2.24) is 14.1 Å². The number of nitrogens with zero attached hydrogens (tertiary/aromatic N) is 3. The summed E-state index contributed by atoms with van der Waals surface area (Å²) in [7, 11) is 0. The van der Waals surface area contributed by atoms with Gasteiger partial charge in [-0.05, 0) is 105 Å². The van der Waals surface area contributed by atoms with Crippen molar-refractivity contribution in [3.8, 4) is 44.9 Å². The molecular formula is C49H29N3. The average molecular weight is 660 g/mol. The molecule has 0 aliphatic heterocycles. The van der Waals surface area contributed by atoms with Gasteiger partial charge in [0.25, 0.3) is 0 Å². The Balaban J connectivity index is 1.12. The van der Waals surface area contributed by atoms with Gasteiger partial charge in [0.15, 0.2) is 0 Å². The summed E-state index contributed by atoms with van der Waals surface area (Å²) >= 11 is 0. The number of aromatic nitrogens is 3. The molecule has 3 heterocycles. The minimum Gasteiger partial charge on any atom is -0.309 e.